The molecular weight excluding hydrogens is 330 g/mol. The second-order valence-corrected chi connectivity index (χ2v) is 6.95. The summed E-state index contributed by atoms with van der Waals surface area (Å²) in [4.78, 5) is 32.1. The van der Waals surface area contributed by atoms with Crippen molar-refractivity contribution in [2.45, 2.75) is 25.7 Å². The minimum Gasteiger partial charge on any atom is -0.360 e. The molecule has 2 aromatic rings. The van der Waals surface area contributed by atoms with Crippen LogP contribution in [-0.4, -0.2) is 42.8 Å². The van der Waals surface area contributed by atoms with Crippen LogP contribution in [0.1, 0.15) is 41.6 Å². The summed E-state index contributed by atoms with van der Waals surface area (Å²) in [6.07, 6.45) is 7.27. The number of nitrogens with one attached hydrogen (secondary N) is 4. The van der Waals surface area contributed by atoms with Crippen LogP contribution in [0, 0.1) is 5.92 Å². The molecule has 1 saturated heterocycles. The summed E-state index contributed by atoms with van der Waals surface area (Å²) in [5, 5.41) is 9.88. The van der Waals surface area contributed by atoms with Crippen molar-refractivity contribution in [1.29, 1.82) is 0 Å². The maximum Gasteiger partial charge on any atom is 0.253 e. The van der Waals surface area contributed by atoms with E-state index in [-0.39, 0.29) is 18.5 Å². The Morgan fingerprint density at radius 3 is 2.96 bits per heavy atom. The molecule has 0 aliphatic carbocycles. The van der Waals surface area contributed by atoms with Gasteiger partial charge in [-0.05, 0) is 50.4 Å². The number of anilines is 1. The van der Waals surface area contributed by atoms with Crippen LogP contribution < -0.4 is 16.0 Å². The molecule has 26 heavy (non-hydrogen) atoms. The Labute approximate surface area is 151 Å². The minimum atomic E-state index is -0.182. The first-order valence-corrected chi connectivity index (χ1v) is 9.14. The van der Waals surface area contributed by atoms with Crippen molar-refractivity contribution >= 4 is 34.6 Å². The van der Waals surface area contributed by atoms with Crippen LogP contribution >= 0.6 is 0 Å². The number of aliphatic imine (C=N–C) groups is 1. The van der Waals surface area contributed by atoms with Gasteiger partial charge in [0.05, 0.1) is 5.56 Å². The van der Waals surface area contributed by atoms with E-state index in [0.717, 1.165) is 48.8 Å². The van der Waals surface area contributed by atoms with E-state index in [2.05, 4.69) is 25.9 Å². The number of nitrogens with zero attached hydrogens (tertiary/aromatic N) is 1. The number of amides is 2. The van der Waals surface area contributed by atoms with Gasteiger partial charge < -0.3 is 20.9 Å². The first-order valence-electron chi connectivity index (χ1n) is 9.14. The molecule has 4 rings (SSSR count). The molecule has 7 heteroatoms. The van der Waals surface area contributed by atoms with Gasteiger partial charge in [0.2, 0.25) is 5.91 Å². The van der Waals surface area contributed by atoms with Crippen LogP contribution in [0.3, 0.4) is 0 Å². The zero-order valence-electron chi connectivity index (χ0n) is 14.6. The zero-order valence-corrected chi connectivity index (χ0v) is 14.6. The SMILES string of the molecule is O=C(CCC1CCNCC1)Nc1cc2c3c(c[nH]c3c1)C=NCNC2=O. The smallest absolute Gasteiger partial charge is 0.253 e. The van der Waals surface area contributed by atoms with E-state index in [4.69, 9.17) is 0 Å². The molecule has 2 aliphatic heterocycles. The topological polar surface area (TPSA) is 98.4 Å². The highest BCUT2D eigenvalue weighted by Gasteiger charge is 2.18. The summed E-state index contributed by atoms with van der Waals surface area (Å²) < 4.78 is 0. The molecule has 4 N–H and O–H groups in total. The van der Waals surface area contributed by atoms with Crippen molar-refractivity contribution in [3.05, 3.63) is 29.5 Å². The third-order valence-corrected chi connectivity index (χ3v) is 5.14. The molecule has 0 unspecified atom stereocenters. The van der Waals surface area contributed by atoms with Crippen molar-refractivity contribution in [3.63, 3.8) is 0 Å². The Morgan fingerprint density at radius 1 is 1.27 bits per heavy atom. The van der Waals surface area contributed by atoms with Gasteiger partial charge in [0.1, 0.15) is 6.67 Å². The Bertz CT molecular complexity index is 864. The molecule has 0 saturated carbocycles. The lowest BCUT2D eigenvalue weighted by Crippen LogP contribution is -2.28. The Hall–Kier alpha value is -2.67. The van der Waals surface area contributed by atoms with E-state index < -0.39 is 0 Å². The summed E-state index contributed by atoms with van der Waals surface area (Å²) in [5.41, 5.74) is 2.89. The Kier molecular flexibility index (Phi) is 4.71. The Balaban J connectivity index is 1.51. The maximum absolute atomic E-state index is 12.4. The average molecular weight is 353 g/mol. The molecule has 136 valence electrons. The lowest BCUT2D eigenvalue weighted by Gasteiger charge is -2.22. The molecule has 7 nitrogen and oxygen atoms in total. The fourth-order valence-electron chi connectivity index (χ4n) is 3.73. The van der Waals surface area contributed by atoms with Crippen molar-refractivity contribution in [2.24, 2.45) is 10.9 Å². The third kappa shape index (κ3) is 3.48. The number of hydrogen-bond donors (Lipinski definition) is 4. The number of hydrogen-bond acceptors (Lipinski definition) is 4. The number of aromatic nitrogens is 1. The minimum absolute atomic E-state index is 0.00493. The predicted octanol–water partition coefficient (Wildman–Crippen LogP) is 2.01. The molecule has 2 amide bonds. The molecule has 1 aromatic carbocycles. The number of carbonyl (C=O) groups excluding carboxylic acids is 2. The number of H-pyrrole nitrogens is 1. The normalized spacial score (nSPS) is 17.6. The largest absolute Gasteiger partial charge is 0.360 e. The van der Waals surface area contributed by atoms with Crippen molar-refractivity contribution in [3.8, 4) is 0 Å². The second kappa shape index (κ2) is 7.29. The quantitative estimate of drug-likeness (QED) is 0.677. The molecule has 3 heterocycles. The maximum atomic E-state index is 12.4. The van der Waals surface area contributed by atoms with Gasteiger partial charge in [-0.1, -0.05) is 0 Å². The van der Waals surface area contributed by atoms with Gasteiger partial charge in [0.15, 0.2) is 0 Å². The van der Waals surface area contributed by atoms with Gasteiger partial charge in [0, 0.05) is 41.0 Å². The van der Waals surface area contributed by atoms with Crippen LogP contribution in [0.4, 0.5) is 5.69 Å². The standard InChI is InChI=1S/C19H23N5O2/c25-17(2-1-12-3-5-20-6-4-12)24-14-7-15-18-13(10-22-16(18)8-14)9-21-11-23-19(15)26/h7-10,12,20,22H,1-6,11H2,(H,23,26)(H,24,25). The number of benzene rings is 1. The van der Waals surface area contributed by atoms with Crippen LogP contribution in [0.5, 0.6) is 0 Å². The highest BCUT2D eigenvalue weighted by Crippen LogP contribution is 2.27. The summed E-state index contributed by atoms with van der Waals surface area (Å²) in [6, 6.07) is 3.62. The summed E-state index contributed by atoms with van der Waals surface area (Å²) in [7, 11) is 0. The van der Waals surface area contributed by atoms with Crippen molar-refractivity contribution in [2.75, 3.05) is 25.1 Å². The average Bonchev–Trinajstić information content (AvgIpc) is 3.05. The van der Waals surface area contributed by atoms with Crippen LogP contribution in [-0.2, 0) is 4.79 Å². The monoisotopic (exact) mass is 353 g/mol. The summed E-state index contributed by atoms with van der Waals surface area (Å²) in [5.74, 6) is 0.433. The molecule has 1 fully saturated rings. The van der Waals surface area contributed by atoms with Gasteiger partial charge in [-0.2, -0.15) is 0 Å². The van der Waals surface area contributed by atoms with Gasteiger partial charge >= 0.3 is 0 Å². The van der Waals surface area contributed by atoms with Crippen LogP contribution in [0.25, 0.3) is 10.9 Å². The molecular formula is C19H23N5O2. The van der Waals surface area contributed by atoms with E-state index in [1.54, 1.807) is 12.3 Å². The first kappa shape index (κ1) is 16.8. The number of rotatable bonds is 4. The van der Waals surface area contributed by atoms with Crippen molar-refractivity contribution in [1.82, 2.24) is 15.6 Å². The summed E-state index contributed by atoms with van der Waals surface area (Å²) >= 11 is 0. The van der Waals surface area contributed by atoms with E-state index in [1.807, 2.05) is 12.3 Å². The second-order valence-electron chi connectivity index (χ2n) is 6.95. The van der Waals surface area contributed by atoms with Gasteiger partial charge in [-0.25, -0.2) is 0 Å². The number of carbonyl (C=O) groups is 2. The first-order chi connectivity index (χ1) is 12.7. The molecule has 0 bridgehead atoms. The molecule has 0 spiro atoms. The van der Waals surface area contributed by atoms with E-state index >= 15 is 0 Å². The lowest BCUT2D eigenvalue weighted by molar-refractivity contribution is -0.116. The number of piperidine rings is 1. The van der Waals surface area contributed by atoms with E-state index in [1.165, 1.54) is 0 Å². The lowest BCUT2D eigenvalue weighted by atomic mass is 9.93. The van der Waals surface area contributed by atoms with Gasteiger partial charge in [0.25, 0.3) is 5.91 Å². The van der Waals surface area contributed by atoms with E-state index in [0.29, 0.717) is 23.6 Å². The third-order valence-electron chi connectivity index (χ3n) is 5.14. The molecule has 1 aromatic heterocycles. The fraction of sp³-hybridized carbons (Fsp3) is 0.421. The van der Waals surface area contributed by atoms with Crippen LogP contribution in [0.2, 0.25) is 0 Å². The summed E-state index contributed by atoms with van der Waals surface area (Å²) in [6.45, 7) is 2.33. The number of aromatic amines is 1. The molecule has 2 aliphatic rings. The highest BCUT2D eigenvalue weighted by molar-refractivity contribution is 6.14. The van der Waals surface area contributed by atoms with Gasteiger partial charge in [-0.3, -0.25) is 14.6 Å². The predicted molar refractivity (Wildman–Crippen MR) is 102 cm³/mol. The fourth-order valence-corrected chi connectivity index (χ4v) is 3.73. The Morgan fingerprint density at radius 2 is 2.12 bits per heavy atom. The van der Waals surface area contributed by atoms with Crippen LogP contribution in [0.15, 0.2) is 23.3 Å². The van der Waals surface area contributed by atoms with Gasteiger partial charge in [-0.15, -0.1) is 0 Å². The van der Waals surface area contributed by atoms with E-state index in [9.17, 15) is 9.59 Å². The highest BCUT2D eigenvalue weighted by atomic mass is 16.2. The zero-order chi connectivity index (χ0) is 17.9. The molecule has 0 radical (unpaired) electrons. The van der Waals surface area contributed by atoms with Crippen molar-refractivity contribution < 1.29 is 9.59 Å². The molecule has 0 atom stereocenters.